The molecule has 180 valence electrons. The van der Waals surface area contributed by atoms with Gasteiger partial charge < -0.3 is 20.4 Å². The first-order chi connectivity index (χ1) is 14.8. The number of aliphatic hydroxyl groups excluding tert-OH is 2. The molecule has 0 radical (unpaired) electrons. The third-order valence-corrected chi connectivity index (χ3v) is 8.90. The van der Waals surface area contributed by atoms with Crippen LogP contribution in [0.5, 0.6) is 0 Å². The Morgan fingerprint density at radius 2 is 1.81 bits per heavy atom. The fourth-order valence-electron chi connectivity index (χ4n) is 6.29. The van der Waals surface area contributed by atoms with Gasteiger partial charge in [-0.15, -0.1) is 0 Å². The fraction of sp³-hybridized carbons (Fsp3) is 0.714. The summed E-state index contributed by atoms with van der Waals surface area (Å²) in [6.07, 6.45) is 13.8. The predicted octanol–water partition coefficient (Wildman–Crippen LogP) is 4.84. The van der Waals surface area contributed by atoms with Gasteiger partial charge in [0.25, 0.3) is 0 Å². The molecule has 0 aliphatic heterocycles. The minimum Gasteiger partial charge on any atom is -0.393 e. The monoisotopic (exact) mass is 444 g/mol. The summed E-state index contributed by atoms with van der Waals surface area (Å²) in [6.45, 7) is 13.7. The van der Waals surface area contributed by atoms with Crippen molar-refractivity contribution in [3.8, 4) is 0 Å². The van der Waals surface area contributed by atoms with Crippen molar-refractivity contribution in [3.05, 3.63) is 47.6 Å². The highest BCUT2D eigenvalue weighted by Crippen LogP contribution is 2.59. The molecule has 0 amide bonds. The highest BCUT2D eigenvalue weighted by molar-refractivity contribution is 5.38. The Kier molecular flexibility index (Phi) is 7.32. The Labute approximate surface area is 194 Å². The number of hydrogen-bond donors (Lipinski definition) is 4. The number of hydrogen-bond acceptors (Lipinski definition) is 4. The van der Waals surface area contributed by atoms with Gasteiger partial charge in [-0.1, -0.05) is 50.3 Å². The minimum absolute atomic E-state index is 0.218. The van der Waals surface area contributed by atoms with E-state index >= 15 is 0 Å². The van der Waals surface area contributed by atoms with Crippen LogP contribution in [0.15, 0.2) is 47.6 Å². The third kappa shape index (κ3) is 4.99. The average molecular weight is 445 g/mol. The lowest BCUT2D eigenvalue weighted by Crippen LogP contribution is -2.46. The largest absolute Gasteiger partial charge is 0.393 e. The number of aliphatic hydroxyl groups is 4. The van der Waals surface area contributed by atoms with Gasteiger partial charge in [0, 0.05) is 6.42 Å². The van der Waals surface area contributed by atoms with Crippen LogP contribution in [0.3, 0.4) is 0 Å². The topological polar surface area (TPSA) is 80.9 Å². The summed E-state index contributed by atoms with van der Waals surface area (Å²) in [5.74, 6) is 1.39. The number of allylic oxidation sites excluding steroid dienone is 4. The first-order valence-corrected chi connectivity index (χ1v) is 12.4. The Hall–Kier alpha value is -1.20. The molecule has 3 rings (SSSR count). The summed E-state index contributed by atoms with van der Waals surface area (Å²) in [5.41, 5.74) is 0.958. The normalized spacial score (nSPS) is 39.5. The van der Waals surface area contributed by atoms with E-state index in [1.807, 2.05) is 0 Å². The standard InChI is InChI=1S/C28H44O4/c1-18(13-15-28(6,32)26(3,4)31)23-11-12-24-20(8-7-14-27(23,24)5)9-10-21-16-22(29)17-25(30)19(21)2/h9-10,13,15,18,22-25,29-32H,2,7-8,11-12,14,16-17H2,1,3-6H3/t18-,22-,23-,24?,25-,27-,28-/m1/s1. The van der Waals surface area contributed by atoms with E-state index in [0.29, 0.717) is 30.6 Å². The maximum Gasteiger partial charge on any atom is 0.108 e. The van der Waals surface area contributed by atoms with E-state index in [1.54, 1.807) is 26.8 Å². The Morgan fingerprint density at radius 1 is 1.12 bits per heavy atom. The number of rotatable bonds is 5. The van der Waals surface area contributed by atoms with E-state index in [2.05, 4.69) is 38.7 Å². The summed E-state index contributed by atoms with van der Waals surface area (Å²) >= 11 is 0. The van der Waals surface area contributed by atoms with Gasteiger partial charge in [-0.05, 0) is 93.6 Å². The zero-order valence-corrected chi connectivity index (χ0v) is 20.6. The van der Waals surface area contributed by atoms with E-state index in [4.69, 9.17) is 0 Å². The van der Waals surface area contributed by atoms with Crippen LogP contribution in [-0.4, -0.2) is 43.8 Å². The Balaban J connectivity index is 1.78. The lowest BCUT2D eigenvalue weighted by atomic mass is 9.61. The SMILES string of the molecule is C=C1C(=CC=C2CCC[C@@]3(C)C2CC[C@@H]3[C@H](C)C=C[C@@](C)(O)C(C)(C)O)C[C@@H](O)C[C@H]1O. The van der Waals surface area contributed by atoms with E-state index in [1.165, 1.54) is 24.8 Å². The zero-order chi connectivity index (χ0) is 23.9. The van der Waals surface area contributed by atoms with Crippen LogP contribution in [0.4, 0.5) is 0 Å². The molecule has 4 N–H and O–H groups in total. The summed E-state index contributed by atoms with van der Waals surface area (Å²) in [7, 11) is 0. The molecule has 0 spiro atoms. The highest BCUT2D eigenvalue weighted by Gasteiger charge is 2.50. The van der Waals surface area contributed by atoms with Crippen LogP contribution in [0.25, 0.3) is 0 Å². The lowest BCUT2D eigenvalue weighted by molar-refractivity contribution is -0.0886. The molecule has 3 aliphatic carbocycles. The van der Waals surface area contributed by atoms with Crippen molar-refractivity contribution in [3.63, 3.8) is 0 Å². The van der Waals surface area contributed by atoms with Gasteiger partial charge in [-0.2, -0.15) is 0 Å². The van der Waals surface area contributed by atoms with Gasteiger partial charge >= 0.3 is 0 Å². The molecular weight excluding hydrogens is 400 g/mol. The summed E-state index contributed by atoms with van der Waals surface area (Å²) in [4.78, 5) is 0. The van der Waals surface area contributed by atoms with Crippen molar-refractivity contribution in [1.29, 1.82) is 0 Å². The first kappa shape index (κ1) is 25.4. The summed E-state index contributed by atoms with van der Waals surface area (Å²) < 4.78 is 0. The Morgan fingerprint density at radius 3 is 2.47 bits per heavy atom. The summed E-state index contributed by atoms with van der Waals surface area (Å²) in [6, 6.07) is 0. The van der Waals surface area contributed by atoms with Crippen molar-refractivity contribution in [2.75, 3.05) is 0 Å². The molecule has 1 unspecified atom stereocenters. The van der Waals surface area contributed by atoms with Crippen LogP contribution >= 0.6 is 0 Å². The smallest absolute Gasteiger partial charge is 0.108 e. The maximum absolute atomic E-state index is 10.6. The van der Waals surface area contributed by atoms with Crippen molar-refractivity contribution >= 4 is 0 Å². The molecule has 0 saturated heterocycles. The van der Waals surface area contributed by atoms with Crippen LogP contribution in [0.2, 0.25) is 0 Å². The van der Waals surface area contributed by atoms with E-state index in [9.17, 15) is 20.4 Å². The third-order valence-electron chi connectivity index (χ3n) is 8.90. The summed E-state index contributed by atoms with van der Waals surface area (Å²) in [5, 5.41) is 41.1. The number of fused-ring (bicyclic) bond motifs is 1. The van der Waals surface area contributed by atoms with Crippen LogP contribution < -0.4 is 0 Å². The molecule has 0 aromatic rings. The molecule has 7 atom stereocenters. The maximum atomic E-state index is 10.6. The van der Waals surface area contributed by atoms with Gasteiger partial charge in [-0.3, -0.25) is 0 Å². The molecule has 4 nitrogen and oxygen atoms in total. The van der Waals surface area contributed by atoms with E-state index < -0.39 is 23.4 Å². The van der Waals surface area contributed by atoms with E-state index in [-0.39, 0.29) is 5.41 Å². The molecule has 32 heavy (non-hydrogen) atoms. The first-order valence-electron chi connectivity index (χ1n) is 12.4. The Bertz CT molecular complexity index is 797. The van der Waals surface area contributed by atoms with Crippen molar-refractivity contribution < 1.29 is 20.4 Å². The van der Waals surface area contributed by atoms with Crippen molar-refractivity contribution in [1.82, 2.24) is 0 Å². The highest BCUT2D eigenvalue weighted by atomic mass is 16.3. The second-order valence-corrected chi connectivity index (χ2v) is 11.6. The second-order valence-electron chi connectivity index (χ2n) is 11.6. The lowest BCUT2D eigenvalue weighted by Gasteiger charge is -2.44. The molecule has 3 saturated carbocycles. The van der Waals surface area contributed by atoms with Gasteiger partial charge in [0.2, 0.25) is 0 Å². The van der Waals surface area contributed by atoms with Crippen LogP contribution in [-0.2, 0) is 0 Å². The molecule has 0 aromatic heterocycles. The predicted molar refractivity (Wildman–Crippen MR) is 130 cm³/mol. The molecule has 3 aliphatic rings. The fourth-order valence-corrected chi connectivity index (χ4v) is 6.29. The van der Waals surface area contributed by atoms with Crippen molar-refractivity contribution in [2.45, 2.75) is 103 Å². The minimum atomic E-state index is -1.26. The van der Waals surface area contributed by atoms with Crippen LogP contribution in [0, 0.1) is 23.2 Å². The quantitative estimate of drug-likeness (QED) is 0.457. The van der Waals surface area contributed by atoms with Gasteiger partial charge in [0.05, 0.1) is 17.8 Å². The van der Waals surface area contributed by atoms with E-state index in [0.717, 1.165) is 24.0 Å². The van der Waals surface area contributed by atoms with Crippen LogP contribution in [0.1, 0.15) is 79.6 Å². The molecular formula is C28H44O4. The van der Waals surface area contributed by atoms with Gasteiger partial charge in [-0.25, -0.2) is 0 Å². The molecule has 3 fully saturated rings. The molecule has 0 heterocycles. The zero-order valence-electron chi connectivity index (χ0n) is 20.6. The van der Waals surface area contributed by atoms with Gasteiger partial charge in [0.1, 0.15) is 5.60 Å². The molecule has 0 aromatic carbocycles. The second kappa shape index (κ2) is 9.21. The van der Waals surface area contributed by atoms with Crippen molar-refractivity contribution in [2.24, 2.45) is 23.2 Å². The molecule has 0 bridgehead atoms. The average Bonchev–Trinajstić information content (AvgIpc) is 3.04. The molecule has 4 heteroatoms. The van der Waals surface area contributed by atoms with Gasteiger partial charge in [0.15, 0.2) is 0 Å².